The molecule has 0 saturated carbocycles. The Kier molecular flexibility index (Phi) is 24.0. The maximum absolute atomic E-state index is 8.56. The van der Waals surface area contributed by atoms with Crippen LogP contribution in [0.5, 0.6) is 0 Å². The summed E-state index contributed by atoms with van der Waals surface area (Å²) in [4.78, 5) is 17.1. The molecule has 0 saturated heterocycles. The van der Waals surface area contributed by atoms with E-state index in [4.69, 9.17) is 30.0 Å². The van der Waals surface area contributed by atoms with E-state index in [1.807, 2.05) is 0 Å². The third-order valence-corrected chi connectivity index (χ3v) is 1.46. The van der Waals surface area contributed by atoms with Gasteiger partial charge in [0.1, 0.15) is 0 Å². The lowest BCUT2D eigenvalue weighted by Gasteiger charge is -1.93. The Bertz CT molecular complexity index is 131. The molecule has 0 aliphatic heterocycles. The normalized spacial score (nSPS) is 7.88. The zero-order chi connectivity index (χ0) is 13.4. The SMILES string of the molecule is CCCCCCCC.O=C(O)O.O=C(O)O. The molecule has 0 heterocycles. The van der Waals surface area contributed by atoms with Crippen molar-refractivity contribution < 1.29 is 30.0 Å². The number of hydrogen-bond acceptors (Lipinski definition) is 2. The van der Waals surface area contributed by atoms with Gasteiger partial charge in [0.25, 0.3) is 0 Å². The first-order valence-corrected chi connectivity index (χ1v) is 5.22. The zero-order valence-electron chi connectivity index (χ0n) is 9.85. The predicted molar refractivity (Wildman–Crippen MR) is 60.4 cm³/mol. The summed E-state index contributed by atoms with van der Waals surface area (Å²) in [6, 6.07) is 0. The van der Waals surface area contributed by atoms with E-state index < -0.39 is 12.3 Å². The van der Waals surface area contributed by atoms with Crippen molar-refractivity contribution in [2.45, 2.75) is 52.4 Å². The van der Waals surface area contributed by atoms with E-state index in [0.29, 0.717) is 0 Å². The fourth-order valence-electron chi connectivity index (χ4n) is 0.854. The molecule has 0 aliphatic carbocycles. The molecular formula is C10H22O6. The van der Waals surface area contributed by atoms with Gasteiger partial charge < -0.3 is 20.4 Å². The van der Waals surface area contributed by atoms with Crippen LogP contribution in [-0.4, -0.2) is 32.7 Å². The molecule has 6 nitrogen and oxygen atoms in total. The van der Waals surface area contributed by atoms with E-state index in [1.54, 1.807) is 0 Å². The summed E-state index contributed by atoms with van der Waals surface area (Å²) in [5, 5.41) is 27.9. The lowest BCUT2D eigenvalue weighted by molar-refractivity contribution is 0.135. The fraction of sp³-hybridized carbons (Fsp3) is 0.800. The molecule has 4 N–H and O–H groups in total. The minimum atomic E-state index is -1.83. The topological polar surface area (TPSA) is 115 Å². The first-order valence-electron chi connectivity index (χ1n) is 5.22. The van der Waals surface area contributed by atoms with E-state index in [-0.39, 0.29) is 0 Å². The first-order chi connectivity index (χ1) is 7.38. The van der Waals surface area contributed by atoms with Crippen molar-refractivity contribution in [1.82, 2.24) is 0 Å². The molecule has 0 radical (unpaired) electrons. The lowest BCUT2D eigenvalue weighted by Crippen LogP contribution is -1.81. The van der Waals surface area contributed by atoms with Crippen LogP contribution < -0.4 is 0 Å². The molecule has 0 unspecified atom stereocenters. The minimum absolute atomic E-state index is 1.36. The molecule has 0 atom stereocenters. The van der Waals surface area contributed by atoms with Gasteiger partial charge in [0.15, 0.2) is 0 Å². The van der Waals surface area contributed by atoms with Crippen molar-refractivity contribution in [3.63, 3.8) is 0 Å². The molecule has 0 bridgehead atoms. The van der Waals surface area contributed by atoms with E-state index in [9.17, 15) is 0 Å². The molecule has 0 amide bonds. The molecule has 0 rings (SSSR count). The van der Waals surface area contributed by atoms with Crippen LogP contribution in [-0.2, 0) is 0 Å². The quantitative estimate of drug-likeness (QED) is 0.541. The minimum Gasteiger partial charge on any atom is -0.450 e. The maximum Gasteiger partial charge on any atom is 0.503 e. The Morgan fingerprint density at radius 2 is 0.875 bits per heavy atom. The average molecular weight is 238 g/mol. The number of hydrogen-bond donors (Lipinski definition) is 4. The van der Waals surface area contributed by atoms with Crippen molar-refractivity contribution in [2.24, 2.45) is 0 Å². The molecule has 98 valence electrons. The van der Waals surface area contributed by atoms with Gasteiger partial charge in [-0.15, -0.1) is 0 Å². The largest absolute Gasteiger partial charge is 0.503 e. The Balaban J connectivity index is -0.000000179. The summed E-state index contributed by atoms with van der Waals surface area (Å²) in [6.07, 6.45) is 4.82. The van der Waals surface area contributed by atoms with Gasteiger partial charge in [-0.2, -0.15) is 0 Å². The summed E-state index contributed by atoms with van der Waals surface area (Å²) in [7, 11) is 0. The van der Waals surface area contributed by atoms with Crippen LogP contribution >= 0.6 is 0 Å². The van der Waals surface area contributed by atoms with Crippen LogP contribution in [0.15, 0.2) is 0 Å². The highest BCUT2D eigenvalue weighted by atomic mass is 16.6. The summed E-state index contributed by atoms with van der Waals surface area (Å²) in [5.74, 6) is 0. The van der Waals surface area contributed by atoms with E-state index in [0.717, 1.165) is 0 Å². The van der Waals surface area contributed by atoms with Gasteiger partial charge in [-0.1, -0.05) is 52.4 Å². The van der Waals surface area contributed by atoms with E-state index in [1.165, 1.54) is 38.5 Å². The molecule has 0 aromatic rings. The highest BCUT2D eigenvalue weighted by Gasteiger charge is 1.83. The summed E-state index contributed by atoms with van der Waals surface area (Å²) in [5.41, 5.74) is 0. The van der Waals surface area contributed by atoms with Crippen LogP contribution in [0.2, 0.25) is 0 Å². The third-order valence-electron chi connectivity index (χ3n) is 1.46. The Morgan fingerprint density at radius 1 is 0.688 bits per heavy atom. The number of unbranched alkanes of at least 4 members (excludes halogenated alkanes) is 5. The molecular weight excluding hydrogens is 216 g/mol. The molecule has 0 aromatic carbocycles. The van der Waals surface area contributed by atoms with Crippen LogP contribution in [0.25, 0.3) is 0 Å². The van der Waals surface area contributed by atoms with Crippen molar-refractivity contribution in [3.8, 4) is 0 Å². The van der Waals surface area contributed by atoms with Crippen LogP contribution in [0.1, 0.15) is 52.4 Å². The zero-order valence-corrected chi connectivity index (χ0v) is 9.85. The second kappa shape index (κ2) is 19.2. The summed E-state index contributed by atoms with van der Waals surface area (Å²) < 4.78 is 0. The third kappa shape index (κ3) is 133. The lowest BCUT2D eigenvalue weighted by atomic mass is 10.1. The van der Waals surface area contributed by atoms with Gasteiger partial charge in [0.05, 0.1) is 0 Å². The Morgan fingerprint density at radius 3 is 1.00 bits per heavy atom. The van der Waals surface area contributed by atoms with Crippen LogP contribution in [0, 0.1) is 0 Å². The van der Waals surface area contributed by atoms with Gasteiger partial charge >= 0.3 is 12.3 Å². The maximum atomic E-state index is 8.56. The smallest absolute Gasteiger partial charge is 0.450 e. The first kappa shape index (κ1) is 20.0. The molecule has 0 fully saturated rings. The van der Waals surface area contributed by atoms with Crippen molar-refractivity contribution in [2.75, 3.05) is 0 Å². The van der Waals surface area contributed by atoms with Gasteiger partial charge in [-0.25, -0.2) is 9.59 Å². The van der Waals surface area contributed by atoms with Gasteiger partial charge in [0.2, 0.25) is 0 Å². The standard InChI is InChI=1S/C8H18.2CH2O3/c1-3-5-7-8-6-4-2;2*2-1(3)4/h3-8H2,1-2H3;2*(H2,2,3,4). The number of carboxylic acid groups (broad SMARTS) is 4. The number of rotatable bonds is 5. The second-order valence-corrected chi connectivity index (χ2v) is 2.98. The number of carbonyl (C=O) groups is 2. The van der Waals surface area contributed by atoms with Crippen molar-refractivity contribution in [3.05, 3.63) is 0 Å². The van der Waals surface area contributed by atoms with E-state index in [2.05, 4.69) is 13.8 Å². The van der Waals surface area contributed by atoms with Crippen molar-refractivity contribution >= 4 is 12.3 Å². The van der Waals surface area contributed by atoms with Crippen LogP contribution in [0.4, 0.5) is 9.59 Å². The Labute approximate surface area is 95.5 Å². The predicted octanol–water partition coefficient (Wildman–Crippen LogP) is 3.81. The highest BCUT2D eigenvalue weighted by Crippen LogP contribution is 2.03. The second-order valence-electron chi connectivity index (χ2n) is 2.98. The summed E-state index contributed by atoms with van der Waals surface area (Å²) in [6.45, 7) is 4.51. The molecule has 0 spiro atoms. The highest BCUT2D eigenvalue weighted by molar-refractivity contribution is 5.53. The summed E-state index contributed by atoms with van der Waals surface area (Å²) >= 11 is 0. The fourth-order valence-corrected chi connectivity index (χ4v) is 0.854. The Hall–Kier alpha value is -1.46. The average Bonchev–Trinajstić information content (AvgIpc) is 2.11. The molecule has 0 aromatic heterocycles. The monoisotopic (exact) mass is 238 g/mol. The molecule has 16 heavy (non-hydrogen) atoms. The molecule has 0 aliphatic rings. The van der Waals surface area contributed by atoms with Gasteiger partial charge in [-0.3, -0.25) is 0 Å². The molecule has 6 heteroatoms. The van der Waals surface area contributed by atoms with Crippen molar-refractivity contribution in [1.29, 1.82) is 0 Å². The van der Waals surface area contributed by atoms with Crippen LogP contribution in [0.3, 0.4) is 0 Å². The van der Waals surface area contributed by atoms with Gasteiger partial charge in [-0.05, 0) is 0 Å². The van der Waals surface area contributed by atoms with Gasteiger partial charge in [0, 0.05) is 0 Å². The van der Waals surface area contributed by atoms with E-state index >= 15 is 0 Å².